The van der Waals surface area contributed by atoms with E-state index in [-0.39, 0.29) is 18.2 Å². The van der Waals surface area contributed by atoms with E-state index in [0.717, 1.165) is 12.3 Å². The number of hydrogen-bond donors (Lipinski definition) is 1. The van der Waals surface area contributed by atoms with Gasteiger partial charge in [0.25, 0.3) is 0 Å². The number of hydrogen-bond acceptors (Lipinski definition) is 3. The third-order valence-electron chi connectivity index (χ3n) is 6.62. The first-order chi connectivity index (χ1) is 8.40. The Kier molecular flexibility index (Phi) is 2.82. The molecule has 0 aromatic heterocycles. The molecule has 0 heterocycles. The summed E-state index contributed by atoms with van der Waals surface area (Å²) >= 11 is 0. The van der Waals surface area contributed by atoms with Gasteiger partial charge in [0.2, 0.25) is 0 Å². The predicted octanol–water partition coefficient (Wildman–Crippen LogP) is 2.33. The minimum absolute atomic E-state index is 0.107. The Morgan fingerprint density at radius 3 is 2.33 bits per heavy atom. The number of methoxy groups -OCH3 is 1. The Labute approximate surface area is 110 Å². The first kappa shape index (κ1) is 12.9. The van der Waals surface area contributed by atoms with Crippen molar-refractivity contribution >= 4 is 0 Å². The highest BCUT2D eigenvalue weighted by Crippen LogP contribution is 2.66. The number of rotatable bonds is 3. The van der Waals surface area contributed by atoms with Crippen LogP contribution in [0.2, 0.25) is 0 Å². The molecule has 0 aromatic carbocycles. The highest BCUT2D eigenvalue weighted by Gasteiger charge is 2.62. The Bertz CT molecular complexity index is 343. The van der Waals surface area contributed by atoms with Crippen molar-refractivity contribution in [2.24, 2.45) is 22.5 Å². The van der Waals surface area contributed by atoms with Gasteiger partial charge in [0.1, 0.15) is 0 Å². The summed E-state index contributed by atoms with van der Waals surface area (Å²) in [5.41, 5.74) is 6.72. The minimum Gasteiger partial charge on any atom is -0.377 e. The van der Waals surface area contributed by atoms with Gasteiger partial charge in [-0.25, -0.2) is 0 Å². The lowest BCUT2D eigenvalue weighted by Gasteiger charge is -2.46. The van der Waals surface area contributed by atoms with Crippen LogP contribution in [0, 0.1) is 16.7 Å². The molecule has 3 saturated carbocycles. The van der Waals surface area contributed by atoms with Crippen molar-refractivity contribution in [1.29, 1.82) is 0 Å². The second kappa shape index (κ2) is 3.94. The van der Waals surface area contributed by atoms with Crippen LogP contribution in [0.5, 0.6) is 0 Å². The number of nitrogens with two attached hydrogens (primary N) is 1. The van der Waals surface area contributed by atoms with Crippen molar-refractivity contribution in [3.63, 3.8) is 0 Å². The van der Waals surface area contributed by atoms with E-state index < -0.39 is 0 Å². The third-order valence-corrected chi connectivity index (χ3v) is 6.62. The van der Waals surface area contributed by atoms with Crippen molar-refractivity contribution in [3.05, 3.63) is 0 Å². The molecule has 0 spiro atoms. The fourth-order valence-electron chi connectivity index (χ4n) is 4.62. The second-order valence-electron chi connectivity index (χ2n) is 7.37. The van der Waals surface area contributed by atoms with Gasteiger partial charge in [0.15, 0.2) is 0 Å². The molecule has 3 aliphatic carbocycles. The molecule has 6 unspecified atom stereocenters. The zero-order chi connectivity index (χ0) is 13.1. The van der Waals surface area contributed by atoms with Gasteiger partial charge < -0.3 is 15.2 Å². The van der Waals surface area contributed by atoms with Crippen LogP contribution in [-0.2, 0) is 9.47 Å². The highest BCUT2D eigenvalue weighted by molar-refractivity contribution is 5.12. The normalized spacial score (nSPS) is 53.5. The van der Waals surface area contributed by atoms with Crippen LogP contribution in [0.25, 0.3) is 0 Å². The van der Waals surface area contributed by atoms with Crippen LogP contribution >= 0.6 is 0 Å². The standard InChI is InChI=1S/C15H27NO2/c1-14(2)9-5-6-15(14,3)12(7-9)18-11-8-10(16)13(11)17-4/h9-13H,5-8,16H2,1-4H3. The summed E-state index contributed by atoms with van der Waals surface area (Å²) < 4.78 is 11.8. The molecule has 3 fully saturated rings. The maximum absolute atomic E-state index is 6.39. The van der Waals surface area contributed by atoms with E-state index in [1.54, 1.807) is 7.11 Å². The van der Waals surface area contributed by atoms with E-state index in [9.17, 15) is 0 Å². The number of fused-ring (bicyclic) bond motifs is 2. The molecular weight excluding hydrogens is 226 g/mol. The van der Waals surface area contributed by atoms with Gasteiger partial charge in [-0.1, -0.05) is 20.8 Å². The summed E-state index contributed by atoms with van der Waals surface area (Å²) in [6.07, 6.45) is 5.61. The molecule has 6 atom stereocenters. The Hall–Kier alpha value is -0.120. The van der Waals surface area contributed by atoms with Crippen molar-refractivity contribution < 1.29 is 9.47 Å². The molecule has 2 N–H and O–H groups in total. The molecule has 3 aliphatic rings. The lowest BCUT2D eigenvalue weighted by atomic mass is 9.70. The summed E-state index contributed by atoms with van der Waals surface area (Å²) in [6.45, 7) is 7.27. The fourth-order valence-corrected chi connectivity index (χ4v) is 4.62. The van der Waals surface area contributed by atoms with Gasteiger partial charge in [-0.05, 0) is 42.4 Å². The lowest BCUT2D eigenvalue weighted by Crippen LogP contribution is -2.59. The van der Waals surface area contributed by atoms with Crippen molar-refractivity contribution in [1.82, 2.24) is 0 Å². The molecule has 0 aromatic rings. The fraction of sp³-hybridized carbons (Fsp3) is 1.00. The second-order valence-corrected chi connectivity index (χ2v) is 7.37. The Morgan fingerprint density at radius 1 is 1.17 bits per heavy atom. The smallest absolute Gasteiger partial charge is 0.0984 e. The summed E-state index contributed by atoms with van der Waals surface area (Å²) in [5, 5.41) is 0. The Morgan fingerprint density at radius 2 is 1.89 bits per heavy atom. The van der Waals surface area contributed by atoms with E-state index in [2.05, 4.69) is 20.8 Å². The molecular formula is C15H27NO2. The maximum Gasteiger partial charge on any atom is 0.0984 e. The van der Waals surface area contributed by atoms with Crippen LogP contribution < -0.4 is 5.73 Å². The summed E-state index contributed by atoms with van der Waals surface area (Å²) in [6, 6.07) is 0.166. The van der Waals surface area contributed by atoms with Gasteiger partial charge in [0, 0.05) is 13.2 Å². The molecule has 3 nitrogen and oxygen atoms in total. The van der Waals surface area contributed by atoms with E-state index in [0.29, 0.717) is 16.9 Å². The molecule has 0 aliphatic heterocycles. The molecule has 104 valence electrons. The quantitative estimate of drug-likeness (QED) is 0.839. The Balaban J connectivity index is 1.69. The van der Waals surface area contributed by atoms with Crippen LogP contribution in [0.4, 0.5) is 0 Å². The van der Waals surface area contributed by atoms with Gasteiger partial charge in [-0.3, -0.25) is 0 Å². The number of ether oxygens (including phenoxy) is 2. The summed E-state index contributed by atoms with van der Waals surface area (Å²) in [5.74, 6) is 0.835. The molecule has 3 heteroatoms. The molecule has 3 rings (SSSR count). The van der Waals surface area contributed by atoms with E-state index >= 15 is 0 Å². The molecule has 0 amide bonds. The van der Waals surface area contributed by atoms with Crippen LogP contribution in [-0.4, -0.2) is 31.5 Å². The van der Waals surface area contributed by atoms with Gasteiger partial charge in [-0.2, -0.15) is 0 Å². The first-order valence-electron chi connectivity index (χ1n) is 7.34. The van der Waals surface area contributed by atoms with Crippen molar-refractivity contribution in [2.45, 2.75) is 70.8 Å². The van der Waals surface area contributed by atoms with Gasteiger partial charge in [0.05, 0.1) is 18.3 Å². The van der Waals surface area contributed by atoms with Crippen LogP contribution in [0.1, 0.15) is 46.5 Å². The molecule has 0 saturated heterocycles. The predicted molar refractivity (Wildman–Crippen MR) is 71.3 cm³/mol. The zero-order valence-electron chi connectivity index (χ0n) is 12.1. The topological polar surface area (TPSA) is 44.5 Å². The maximum atomic E-state index is 6.39. The lowest BCUT2D eigenvalue weighted by molar-refractivity contribution is -0.177. The average molecular weight is 253 g/mol. The van der Waals surface area contributed by atoms with Crippen molar-refractivity contribution in [3.8, 4) is 0 Å². The zero-order valence-corrected chi connectivity index (χ0v) is 12.1. The third kappa shape index (κ3) is 1.47. The molecule has 0 radical (unpaired) electrons. The summed E-state index contributed by atoms with van der Waals surface area (Å²) in [4.78, 5) is 0. The van der Waals surface area contributed by atoms with Crippen LogP contribution in [0.15, 0.2) is 0 Å². The van der Waals surface area contributed by atoms with Gasteiger partial charge in [-0.15, -0.1) is 0 Å². The van der Waals surface area contributed by atoms with E-state index in [1.165, 1.54) is 19.3 Å². The minimum atomic E-state index is 0.107. The molecule has 2 bridgehead atoms. The van der Waals surface area contributed by atoms with E-state index in [1.807, 2.05) is 0 Å². The van der Waals surface area contributed by atoms with Gasteiger partial charge >= 0.3 is 0 Å². The SMILES string of the molecule is COC1C(N)CC1OC1CC2CCC1(C)C2(C)C. The largest absolute Gasteiger partial charge is 0.377 e. The highest BCUT2D eigenvalue weighted by atomic mass is 16.5. The first-order valence-corrected chi connectivity index (χ1v) is 7.34. The summed E-state index contributed by atoms with van der Waals surface area (Å²) in [7, 11) is 1.74. The van der Waals surface area contributed by atoms with Crippen molar-refractivity contribution in [2.75, 3.05) is 7.11 Å². The monoisotopic (exact) mass is 253 g/mol. The molecule has 18 heavy (non-hydrogen) atoms. The van der Waals surface area contributed by atoms with Crippen LogP contribution in [0.3, 0.4) is 0 Å². The van der Waals surface area contributed by atoms with E-state index in [4.69, 9.17) is 15.2 Å². The average Bonchev–Trinajstić information content (AvgIpc) is 2.61.